The van der Waals surface area contributed by atoms with Crippen molar-refractivity contribution < 1.29 is 29.2 Å². The summed E-state index contributed by atoms with van der Waals surface area (Å²) in [6.07, 6.45) is 59.0. The zero-order chi connectivity index (χ0) is 68.0. The average Bonchev–Trinajstić information content (AvgIpc) is 3.72. The van der Waals surface area contributed by atoms with Crippen molar-refractivity contribution in [1.82, 2.24) is 0 Å². The second-order valence-electron chi connectivity index (χ2n) is 34.7. The van der Waals surface area contributed by atoms with Crippen LogP contribution in [0.5, 0.6) is 0 Å². The van der Waals surface area contributed by atoms with Crippen LogP contribution < -0.4 is 0 Å². The Bertz CT molecular complexity index is 1410. The van der Waals surface area contributed by atoms with Crippen LogP contribution >= 0.6 is 0 Å². The molecule has 0 saturated carbocycles. The van der Waals surface area contributed by atoms with Gasteiger partial charge in [0.1, 0.15) is 12.2 Å². The highest BCUT2D eigenvalue weighted by atomic mass is 16.5. The molecular formula is C86H172O6. The monoisotopic (exact) mass is 1300 g/mol. The Kier molecular flexibility index (Phi) is 59.2. The second-order valence-corrected chi connectivity index (χ2v) is 34.7. The van der Waals surface area contributed by atoms with E-state index in [1.165, 1.54) is 257 Å². The fraction of sp³-hybridized carbons (Fsp3) is 1.00. The minimum absolute atomic E-state index is 0.0415. The van der Waals surface area contributed by atoms with Crippen molar-refractivity contribution in [3.63, 3.8) is 0 Å². The van der Waals surface area contributed by atoms with Crippen LogP contribution in [0, 0.1) is 94.7 Å². The van der Waals surface area contributed by atoms with Crippen LogP contribution in [0.1, 0.15) is 393 Å². The van der Waals surface area contributed by atoms with E-state index >= 15 is 0 Å². The summed E-state index contributed by atoms with van der Waals surface area (Å²) in [5.74, 6) is 12.9. The minimum Gasteiger partial charge on any atom is -0.394 e. The van der Waals surface area contributed by atoms with Gasteiger partial charge in [0.25, 0.3) is 0 Å². The van der Waals surface area contributed by atoms with Gasteiger partial charge < -0.3 is 29.2 Å². The van der Waals surface area contributed by atoms with Crippen LogP contribution in [0.2, 0.25) is 0 Å². The van der Waals surface area contributed by atoms with Crippen molar-refractivity contribution in [3.05, 3.63) is 0 Å². The topological polar surface area (TPSA) is 77.4 Å². The van der Waals surface area contributed by atoms with E-state index in [0.29, 0.717) is 36.9 Å². The smallest absolute Gasteiger partial charge is 0.104 e. The lowest BCUT2D eigenvalue weighted by Crippen LogP contribution is -2.25. The molecule has 1 rings (SSSR count). The molecular weight excluding hydrogens is 1130 g/mol. The van der Waals surface area contributed by atoms with Gasteiger partial charge in [0.15, 0.2) is 0 Å². The van der Waals surface area contributed by atoms with E-state index in [-0.39, 0.29) is 25.4 Å². The van der Waals surface area contributed by atoms with Crippen molar-refractivity contribution >= 4 is 0 Å². The molecule has 0 aromatic carbocycles. The van der Waals surface area contributed by atoms with E-state index in [2.05, 4.69) is 111 Å². The maximum atomic E-state index is 10.0. The van der Waals surface area contributed by atoms with Gasteiger partial charge in [0.05, 0.1) is 26.4 Å². The molecule has 1 unspecified atom stereocenters. The summed E-state index contributed by atoms with van der Waals surface area (Å²) in [7, 11) is 0. The third kappa shape index (κ3) is 56.6. The number of rotatable bonds is 2. The maximum absolute atomic E-state index is 10.0. The van der Waals surface area contributed by atoms with Crippen LogP contribution in [-0.4, -0.2) is 75.3 Å². The van der Waals surface area contributed by atoms with Gasteiger partial charge >= 0.3 is 0 Å². The fourth-order valence-electron chi connectivity index (χ4n) is 15.4. The molecule has 0 radical (unpaired) electrons. The largest absolute Gasteiger partial charge is 0.394 e. The number of aliphatic hydroxyl groups excluding tert-OH is 2. The molecule has 1 aliphatic heterocycles. The fourth-order valence-corrected chi connectivity index (χ4v) is 15.4. The second kappa shape index (κ2) is 60.7. The van der Waals surface area contributed by atoms with Crippen LogP contribution in [0.25, 0.3) is 0 Å². The summed E-state index contributed by atoms with van der Waals surface area (Å²) >= 11 is 0. The van der Waals surface area contributed by atoms with Crippen LogP contribution in [0.4, 0.5) is 0 Å². The first kappa shape index (κ1) is 89.8. The molecule has 1 fully saturated rings. The molecule has 2 N–H and O–H groups in total. The Morgan fingerprint density at radius 3 is 0.467 bits per heavy atom. The van der Waals surface area contributed by atoms with Crippen molar-refractivity contribution in [3.8, 4) is 0 Å². The molecule has 92 heavy (non-hydrogen) atoms. The first-order valence-corrected chi connectivity index (χ1v) is 41.8. The Morgan fingerprint density at radius 1 is 0.185 bits per heavy atom. The predicted molar refractivity (Wildman–Crippen MR) is 405 cm³/mol. The molecule has 6 nitrogen and oxygen atoms in total. The maximum Gasteiger partial charge on any atom is 0.104 e. The molecule has 18 atom stereocenters. The lowest BCUT2D eigenvalue weighted by molar-refractivity contribution is -0.0471. The number of ether oxygens (including phenoxy) is 4. The molecule has 1 heterocycles. The third-order valence-electron chi connectivity index (χ3n) is 23.5. The standard InChI is InChI=1S/C86H172O6/c1-69-29-17-33-73(5)41-25-49-81(13)57-61-89-67-85(65-87)91-63-59-83(15)52-28-44-76(8)36-20-32-72(4)40-24-48-80(12)56-54-78(10)46-22-38-70(2)30-18-34-74(6)42-26-50-82(14)58-62-90-68-86(66-88)92-64-60-84(16)51-27-43-75(7)35-19-31-71(3)39-23-47-79(11)55-53-77(9)45-21-37-69/h69-88H,17-68H2,1-16H3/t69-,70-,71-,72-,73+,74+,75+,76+,77-,78-,79-,80-,81+,82+,83+,84+,85+,86?/m0/s1. The summed E-state index contributed by atoms with van der Waals surface area (Å²) in [6, 6.07) is 0. The number of hydrogen-bond donors (Lipinski definition) is 2. The van der Waals surface area contributed by atoms with E-state index in [1.807, 2.05) is 0 Å². The van der Waals surface area contributed by atoms with Crippen molar-refractivity contribution in [2.75, 3.05) is 52.9 Å². The molecule has 0 aliphatic carbocycles. The molecule has 1 saturated heterocycles. The van der Waals surface area contributed by atoms with E-state index < -0.39 is 0 Å². The molecule has 6 heteroatoms. The van der Waals surface area contributed by atoms with Gasteiger partial charge in [-0.1, -0.05) is 368 Å². The molecule has 552 valence electrons. The lowest BCUT2D eigenvalue weighted by Gasteiger charge is -2.19. The number of aliphatic hydroxyl groups is 2. The summed E-state index contributed by atoms with van der Waals surface area (Å²) in [4.78, 5) is 0. The van der Waals surface area contributed by atoms with Gasteiger partial charge in [0.2, 0.25) is 0 Å². The van der Waals surface area contributed by atoms with Crippen LogP contribution in [0.3, 0.4) is 0 Å². The molecule has 0 amide bonds. The third-order valence-corrected chi connectivity index (χ3v) is 23.5. The highest BCUT2D eigenvalue weighted by Crippen LogP contribution is 2.31. The van der Waals surface area contributed by atoms with E-state index in [9.17, 15) is 10.2 Å². The Hall–Kier alpha value is -0.240. The molecule has 1 aliphatic rings. The van der Waals surface area contributed by atoms with Gasteiger partial charge in [-0.25, -0.2) is 0 Å². The summed E-state index contributed by atoms with van der Waals surface area (Å²) < 4.78 is 24.4. The summed E-state index contributed by atoms with van der Waals surface area (Å²) in [5.41, 5.74) is 0. The van der Waals surface area contributed by atoms with Gasteiger partial charge in [-0.3, -0.25) is 0 Å². The van der Waals surface area contributed by atoms with Crippen LogP contribution in [-0.2, 0) is 18.9 Å². The highest BCUT2D eigenvalue weighted by molar-refractivity contribution is 4.70. The quantitative estimate of drug-likeness (QED) is 0.287. The van der Waals surface area contributed by atoms with Gasteiger partial charge in [-0.15, -0.1) is 0 Å². The predicted octanol–water partition coefficient (Wildman–Crippen LogP) is 26.1. The van der Waals surface area contributed by atoms with E-state index in [1.54, 1.807) is 0 Å². The van der Waals surface area contributed by atoms with Crippen molar-refractivity contribution in [2.45, 2.75) is 406 Å². The average molecular weight is 1300 g/mol. The first-order valence-electron chi connectivity index (χ1n) is 41.8. The molecule has 0 aromatic rings. The first-order chi connectivity index (χ1) is 44.2. The normalized spacial score (nSPS) is 36.1. The van der Waals surface area contributed by atoms with Crippen molar-refractivity contribution in [2.24, 2.45) is 94.7 Å². The Labute approximate surface area is 579 Å². The Balaban J connectivity index is 2.51. The van der Waals surface area contributed by atoms with Gasteiger partial charge in [-0.2, -0.15) is 0 Å². The lowest BCUT2D eigenvalue weighted by atomic mass is 9.88. The zero-order valence-electron chi connectivity index (χ0n) is 65.7. The SMILES string of the molecule is C[C@@H]1CCC[C@H](C)CCC[C@H](C)CC[C@@H](C)CCC[C@@H](C)CCC[C@@H](C)CCC[C@@H](C)CCO[C@H](CO)COCC[C@H](C)CCC[C@H](C)CCC[C@H](C)CCC[C@H](C)CC[C@@H](C)CCC[C@@H](C)CCC[C@@H](C)CCC[C@@H](C)CCOC(CO)COCC[C@H](C)CCC1. The van der Waals surface area contributed by atoms with Gasteiger partial charge in [-0.05, 0) is 120 Å². The molecule has 0 aromatic heterocycles. The summed E-state index contributed by atoms with van der Waals surface area (Å²) in [6.45, 7) is 43.7. The molecule has 0 bridgehead atoms. The highest BCUT2D eigenvalue weighted by Gasteiger charge is 2.18. The minimum atomic E-state index is -0.203. The molecule has 0 spiro atoms. The summed E-state index contributed by atoms with van der Waals surface area (Å²) in [5, 5.41) is 20.1. The number of hydrogen-bond acceptors (Lipinski definition) is 6. The Morgan fingerprint density at radius 2 is 0.315 bits per heavy atom. The van der Waals surface area contributed by atoms with Crippen molar-refractivity contribution in [1.29, 1.82) is 0 Å². The zero-order valence-corrected chi connectivity index (χ0v) is 65.7. The van der Waals surface area contributed by atoms with E-state index in [4.69, 9.17) is 18.9 Å². The van der Waals surface area contributed by atoms with Gasteiger partial charge in [0, 0.05) is 26.4 Å². The van der Waals surface area contributed by atoms with Crippen LogP contribution in [0.15, 0.2) is 0 Å². The van der Waals surface area contributed by atoms with E-state index in [0.717, 1.165) is 123 Å².